The fourth-order valence-corrected chi connectivity index (χ4v) is 3.39. The molecule has 0 atom stereocenters. The summed E-state index contributed by atoms with van der Waals surface area (Å²) in [6, 6.07) is 0. The fraction of sp³-hybridized carbons (Fsp3) is 0.688. The van der Waals surface area contributed by atoms with Gasteiger partial charge in [-0.2, -0.15) is 10.2 Å². The Morgan fingerprint density at radius 1 is 1.23 bits per heavy atom. The van der Waals surface area contributed by atoms with Crippen molar-refractivity contribution < 1.29 is 5.11 Å². The average molecular weight is 303 g/mol. The van der Waals surface area contributed by atoms with Crippen molar-refractivity contribution in [3.8, 4) is 0 Å². The lowest BCUT2D eigenvalue weighted by Gasteiger charge is -2.04. The van der Waals surface area contributed by atoms with Gasteiger partial charge < -0.3 is 5.11 Å². The lowest BCUT2D eigenvalue weighted by molar-refractivity contribution is 0.266. The molecule has 3 rings (SSSR count). The Labute approximate surface area is 131 Å². The first-order valence-corrected chi connectivity index (χ1v) is 8.24. The van der Waals surface area contributed by atoms with E-state index in [1.54, 1.807) is 0 Å². The summed E-state index contributed by atoms with van der Waals surface area (Å²) in [5.74, 6) is 2.47. The standard InChI is InChI=1S/C16H25N5O/c1-11-14(12(2)19-18-11)7-8-15-17-16(13-5-3-4-6-13)20-21(15)9-10-22/h13,22H,3-10H2,1-2H3,(H,18,19). The molecule has 6 nitrogen and oxygen atoms in total. The molecule has 1 aliphatic carbocycles. The van der Waals surface area contributed by atoms with Crippen LogP contribution in [0.4, 0.5) is 0 Å². The Morgan fingerprint density at radius 2 is 2.00 bits per heavy atom. The second-order valence-corrected chi connectivity index (χ2v) is 6.23. The van der Waals surface area contributed by atoms with Crippen molar-refractivity contribution in [1.82, 2.24) is 25.0 Å². The van der Waals surface area contributed by atoms with Crippen LogP contribution in [0, 0.1) is 13.8 Å². The molecule has 2 heterocycles. The molecule has 0 radical (unpaired) electrons. The molecule has 0 saturated heterocycles. The molecule has 0 aliphatic heterocycles. The molecule has 2 aromatic rings. The molecule has 1 fully saturated rings. The number of aliphatic hydroxyl groups excluding tert-OH is 1. The van der Waals surface area contributed by atoms with E-state index in [2.05, 4.69) is 22.2 Å². The van der Waals surface area contributed by atoms with Gasteiger partial charge in [0.05, 0.1) is 18.8 Å². The van der Waals surface area contributed by atoms with Crippen LogP contribution in [0.5, 0.6) is 0 Å². The minimum atomic E-state index is 0.101. The van der Waals surface area contributed by atoms with Crippen molar-refractivity contribution >= 4 is 0 Å². The van der Waals surface area contributed by atoms with Gasteiger partial charge in [0.25, 0.3) is 0 Å². The summed E-state index contributed by atoms with van der Waals surface area (Å²) >= 11 is 0. The number of aliphatic hydroxyl groups is 1. The molecule has 0 amide bonds. The van der Waals surface area contributed by atoms with Gasteiger partial charge in [-0.25, -0.2) is 9.67 Å². The zero-order chi connectivity index (χ0) is 15.5. The highest BCUT2D eigenvalue weighted by atomic mass is 16.3. The molecule has 2 N–H and O–H groups in total. The third-order valence-electron chi connectivity index (χ3n) is 4.68. The molecule has 6 heteroatoms. The lowest BCUT2D eigenvalue weighted by Crippen LogP contribution is -2.10. The van der Waals surface area contributed by atoms with Crippen molar-refractivity contribution in [2.75, 3.05) is 6.61 Å². The summed E-state index contributed by atoms with van der Waals surface area (Å²) in [6.45, 7) is 4.71. The van der Waals surface area contributed by atoms with Crippen LogP contribution in [0.2, 0.25) is 0 Å². The highest BCUT2D eigenvalue weighted by Gasteiger charge is 2.23. The zero-order valence-corrected chi connectivity index (χ0v) is 13.5. The van der Waals surface area contributed by atoms with Crippen molar-refractivity contribution in [3.05, 3.63) is 28.6 Å². The molecule has 22 heavy (non-hydrogen) atoms. The third-order valence-corrected chi connectivity index (χ3v) is 4.68. The number of nitrogens with one attached hydrogen (secondary N) is 1. The average Bonchev–Trinajstić information content (AvgIpc) is 3.20. The van der Waals surface area contributed by atoms with E-state index < -0.39 is 0 Å². The second kappa shape index (κ2) is 6.60. The van der Waals surface area contributed by atoms with Crippen LogP contribution in [0.3, 0.4) is 0 Å². The van der Waals surface area contributed by atoms with Crippen LogP contribution < -0.4 is 0 Å². The zero-order valence-electron chi connectivity index (χ0n) is 13.5. The molecule has 1 saturated carbocycles. The summed E-state index contributed by atoms with van der Waals surface area (Å²) in [6.07, 6.45) is 6.69. The molecule has 0 aromatic carbocycles. The minimum Gasteiger partial charge on any atom is -0.394 e. The maximum absolute atomic E-state index is 9.26. The van der Waals surface area contributed by atoms with Gasteiger partial charge in [0.2, 0.25) is 0 Å². The first-order valence-electron chi connectivity index (χ1n) is 8.24. The Bertz CT molecular complexity index is 605. The van der Waals surface area contributed by atoms with E-state index in [0.717, 1.165) is 35.9 Å². The first kappa shape index (κ1) is 15.2. The van der Waals surface area contributed by atoms with Crippen molar-refractivity contribution in [1.29, 1.82) is 0 Å². The Kier molecular flexibility index (Phi) is 4.57. The van der Waals surface area contributed by atoms with Gasteiger partial charge in [0, 0.05) is 18.0 Å². The van der Waals surface area contributed by atoms with E-state index >= 15 is 0 Å². The molecule has 120 valence electrons. The summed E-state index contributed by atoms with van der Waals surface area (Å²) in [5.41, 5.74) is 3.45. The summed E-state index contributed by atoms with van der Waals surface area (Å²) < 4.78 is 1.89. The number of aromatic amines is 1. The van der Waals surface area contributed by atoms with Crippen molar-refractivity contribution in [3.63, 3.8) is 0 Å². The van der Waals surface area contributed by atoms with Gasteiger partial charge in [-0.3, -0.25) is 5.10 Å². The monoisotopic (exact) mass is 303 g/mol. The Morgan fingerprint density at radius 3 is 2.64 bits per heavy atom. The topological polar surface area (TPSA) is 79.6 Å². The molecule has 0 spiro atoms. The third kappa shape index (κ3) is 3.06. The largest absolute Gasteiger partial charge is 0.394 e. The highest BCUT2D eigenvalue weighted by molar-refractivity contribution is 5.23. The number of rotatable bonds is 6. The maximum atomic E-state index is 9.26. The van der Waals surface area contributed by atoms with Crippen molar-refractivity contribution in [2.45, 2.75) is 64.8 Å². The first-order chi connectivity index (χ1) is 10.7. The summed E-state index contributed by atoms with van der Waals surface area (Å²) in [5, 5.41) is 21.2. The Hall–Kier alpha value is -1.69. The van der Waals surface area contributed by atoms with Gasteiger partial charge in [-0.1, -0.05) is 12.8 Å². The highest BCUT2D eigenvalue weighted by Crippen LogP contribution is 2.32. The SMILES string of the molecule is Cc1n[nH]c(C)c1CCc1nc(C2CCCC2)nn1CCO. The number of H-pyrrole nitrogens is 1. The summed E-state index contributed by atoms with van der Waals surface area (Å²) in [4.78, 5) is 4.78. The van der Waals surface area contributed by atoms with Crippen LogP contribution >= 0.6 is 0 Å². The van der Waals surface area contributed by atoms with E-state index in [0.29, 0.717) is 12.5 Å². The lowest BCUT2D eigenvalue weighted by atomic mass is 10.1. The van der Waals surface area contributed by atoms with Gasteiger partial charge in [-0.15, -0.1) is 0 Å². The van der Waals surface area contributed by atoms with E-state index in [4.69, 9.17) is 4.98 Å². The molecule has 1 aliphatic rings. The quantitative estimate of drug-likeness (QED) is 0.856. The number of aromatic nitrogens is 5. The van der Waals surface area contributed by atoms with Crippen molar-refractivity contribution in [2.24, 2.45) is 0 Å². The molecular formula is C16H25N5O. The number of hydrogen-bond donors (Lipinski definition) is 2. The van der Waals surface area contributed by atoms with Gasteiger partial charge in [0.15, 0.2) is 5.82 Å². The van der Waals surface area contributed by atoms with Crippen LogP contribution in [-0.2, 0) is 19.4 Å². The fourth-order valence-electron chi connectivity index (χ4n) is 3.39. The van der Waals surface area contributed by atoms with E-state index in [1.165, 1.54) is 31.2 Å². The molecule has 2 aromatic heterocycles. The minimum absolute atomic E-state index is 0.101. The van der Waals surface area contributed by atoms with Crippen LogP contribution in [0.15, 0.2) is 0 Å². The number of nitrogens with zero attached hydrogens (tertiary/aromatic N) is 4. The maximum Gasteiger partial charge on any atom is 0.154 e. The molecule has 0 unspecified atom stereocenters. The van der Waals surface area contributed by atoms with E-state index in [9.17, 15) is 5.11 Å². The Balaban J connectivity index is 1.76. The van der Waals surface area contributed by atoms with Gasteiger partial charge in [-0.05, 0) is 38.7 Å². The van der Waals surface area contributed by atoms with Gasteiger partial charge >= 0.3 is 0 Å². The smallest absolute Gasteiger partial charge is 0.154 e. The predicted octanol–water partition coefficient (Wildman–Crippen LogP) is 2.05. The van der Waals surface area contributed by atoms with Gasteiger partial charge in [0.1, 0.15) is 5.82 Å². The van der Waals surface area contributed by atoms with Crippen LogP contribution in [0.25, 0.3) is 0 Å². The molecular weight excluding hydrogens is 278 g/mol. The second-order valence-electron chi connectivity index (χ2n) is 6.23. The van der Waals surface area contributed by atoms with Crippen LogP contribution in [0.1, 0.15) is 60.2 Å². The predicted molar refractivity (Wildman–Crippen MR) is 83.8 cm³/mol. The normalized spacial score (nSPS) is 15.8. The number of aryl methyl sites for hydroxylation is 3. The van der Waals surface area contributed by atoms with Crippen LogP contribution in [-0.4, -0.2) is 36.7 Å². The van der Waals surface area contributed by atoms with E-state index in [1.807, 2.05) is 11.6 Å². The molecule has 0 bridgehead atoms. The number of hydrogen-bond acceptors (Lipinski definition) is 4. The summed E-state index contributed by atoms with van der Waals surface area (Å²) in [7, 11) is 0. The van der Waals surface area contributed by atoms with E-state index in [-0.39, 0.29) is 6.61 Å².